The molecule has 0 amide bonds. The quantitative estimate of drug-likeness (QED) is 0.170. The van der Waals surface area contributed by atoms with Crippen molar-refractivity contribution < 1.29 is 0 Å². The molecule has 0 fully saturated rings. The largest absolute Gasteiger partial charge is 0.228 e. The number of aromatic nitrogens is 2. The van der Waals surface area contributed by atoms with E-state index in [1.165, 1.54) is 60.3 Å². The van der Waals surface area contributed by atoms with Crippen LogP contribution >= 0.6 is 0 Å². The van der Waals surface area contributed by atoms with Gasteiger partial charge in [0.25, 0.3) is 0 Å². The molecule has 0 unspecified atom stereocenters. The van der Waals surface area contributed by atoms with Crippen LogP contribution in [0.5, 0.6) is 0 Å². The van der Waals surface area contributed by atoms with Gasteiger partial charge in [0.15, 0.2) is 5.82 Å². The third-order valence-corrected chi connectivity index (χ3v) is 10.5. The fourth-order valence-corrected chi connectivity index (χ4v) is 7.93. The lowest BCUT2D eigenvalue weighted by molar-refractivity contribution is 1.19. The second-order valence-electron chi connectivity index (χ2n) is 13.7. The summed E-state index contributed by atoms with van der Waals surface area (Å²) in [4.78, 5) is 10.7. The lowest BCUT2D eigenvalue weighted by Crippen LogP contribution is -1.99. The number of allylic oxidation sites excluding steroid dienone is 2. The number of hydrogen-bond donors (Lipinski definition) is 0. The van der Waals surface area contributed by atoms with Gasteiger partial charge in [0.05, 0.1) is 11.4 Å². The van der Waals surface area contributed by atoms with Crippen molar-refractivity contribution >= 4 is 44.5 Å². The van der Waals surface area contributed by atoms with E-state index in [2.05, 4.69) is 188 Å². The smallest absolute Gasteiger partial charge is 0.161 e. The fourth-order valence-electron chi connectivity index (χ4n) is 7.93. The first-order valence-electron chi connectivity index (χ1n) is 18.2. The minimum atomic E-state index is 0.711. The molecular weight excluding hydrogens is 641 g/mol. The number of rotatable bonds is 5. The minimum absolute atomic E-state index is 0.711. The molecule has 10 rings (SSSR count). The normalized spacial score (nSPS) is 12.3. The van der Waals surface area contributed by atoms with Crippen LogP contribution in [0.1, 0.15) is 17.5 Å². The summed E-state index contributed by atoms with van der Waals surface area (Å²) in [6.07, 6.45) is 9.90. The summed E-state index contributed by atoms with van der Waals surface area (Å²) in [5.41, 5.74) is 12.1. The predicted molar refractivity (Wildman–Crippen MR) is 224 cm³/mol. The van der Waals surface area contributed by atoms with Gasteiger partial charge < -0.3 is 0 Å². The topological polar surface area (TPSA) is 25.8 Å². The van der Waals surface area contributed by atoms with Gasteiger partial charge in [-0.05, 0) is 90.3 Å². The van der Waals surface area contributed by atoms with Crippen LogP contribution in [0.15, 0.2) is 182 Å². The Kier molecular flexibility index (Phi) is 7.58. The van der Waals surface area contributed by atoms with Crippen molar-refractivity contribution in [3.05, 3.63) is 193 Å². The Morgan fingerprint density at radius 3 is 1.70 bits per heavy atom. The van der Waals surface area contributed by atoms with Gasteiger partial charge in [-0.1, -0.05) is 176 Å². The van der Waals surface area contributed by atoms with Crippen molar-refractivity contribution in [3.8, 4) is 56.2 Å². The Morgan fingerprint density at radius 2 is 0.906 bits per heavy atom. The van der Waals surface area contributed by atoms with E-state index in [9.17, 15) is 0 Å². The molecule has 8 aromatic carbocycles. The van der Waals surface area contributed by atoms with Crippen molar-refractivity contribution in [1.29, 1.82) is 0 Å². The van der Waals surface area contributed by atoms with E-state index in [1.807, 2.05) is 6.07 Å². The highest BCUT2D eigenvalue weighted by Gasteiger charge is 2.19. The molecule has 0 aliphatic heterocycles. The Labute approximate surface area is 309 Å². The predicted octanol–water partition coefficient (Wildman–Crippen LogP) is 13.7. The molecule has 9 aromatic rings. The molecule has 1 aromatic heterocycles. The zero-order valence-electron chi connectivity index (χ0n) is 29.1. The highest BCUT2D eigenvalue weighted by molar-refractivity contribution is 6.10. The van der Waals surface area contributed by atoms with E-state index >= 15 is 0 Å². The maximum atomic E-state index is 5.39. The van der Waals surface area contributed by atoms with Crippen LogP contribution in [0.3, 0.4) is 0 Å². The molecule has 53 heavy (non-hydrogen) atoms. The van der Waals surface area contributed by atoms with Crippen LogP contribution in [0.4, 0.5) is 0 Å². The number of nitrogens with zero attached hydrogens (tertiary/aromatic N) is 2. The Hall–Kier alpha value is -6.90. The van der Waals surface area contributed by atoms with E-state index in [1.54, 1.807) is 0 Å². The van der Waals surface area contributed by atoms with Crippen LogP contribution in [-0.2, 0) is 0 Å². The van der Waals surface area contributed by atoms with Crippen LogP contribution in [0, 0.1) is 0 Å². The van der Waals surface area contributed by atoms with Gasteiger partial charge in [-0.15, -0.1) is 0 Å². The molecule has 2 heteroatoms. The van der Waals surface area contributed by atoms with Crippen LogP contribution in [0.2, 0.25) is 0 Å². The Morgan fingerprint density at radius 1 is 0.340 bits per heavy atom. The van der Waals surface area contributed by atoms with Gasteiger partial charge in [0.1, 0.15) is 0 Å². The summed E-state index contributed by atoms with van der Waals surface area (Å²) in [7, 11) is 0. The van der Waals surface area contributed by atoms with Crippen molar-refractivity contribution in [2.75, 3.05) is 0 Å². The summed E-state index contributed by atoms with van der Waals surface area (Å²) in [6, 6.07) is 60.7. The first-order valence-corrected chi connectivity index (χ1v) is 18.2. The van der Waals surface area contributed by atoms with E-state index in [-0.39, 0.29) is 0 Å². The highest BCUT2D eigenvalue weighted by Crippen LogP contribution is 2.40. The van der Waals surface area contributed by atoms with Gasteiger partial charge in [0.2, 0.25) is 0 Å². The summed E-state index contributed by atoms with van der Waals surface area (Å²) in [5, 5.41) is 7.34. The third kappa shape index (κ3) is 5.53. The van der Waals surface area contributed by atoms with Crippen LogP contribution in [0.25, 0.3) is 101 Å². The van der Waals surface area contributed by atoms with Gasteiger partial charge in [-0.25, -0.2) is 9.97 Å². The van der Waals surface area contributed by atoms with Gasteiger partial charge in [-0.3, -0.25) is 0 Å². The lowest BCUT2D eigenvalue weighted by atomic mass is 9.90. The fraction of sp³-hybridized carbons (Fsp3) is 0.0196. The SMILES string of the molecule is C1=Cc2c(-c3ccccc3)ccc(-c3cc(-c4ccccc4)nc(-c4ccc(-c5ccc6c(ccc7ccccc76)c5)c5ccccc45)n3)c2C=CC1. The first-order chi connectivity index (χ1) is 26.3. The third-order valence-electron chi connectivity index (χ3n) is 10.5. The molecule has 0 bridgehead atoms. The van der Waals surface area contributed by atoms with E-state index in [4.69, 9.17) is 9.97 Å². The summed E-state index contributed by atoms with van der Waals surface area (Å²) < 4.78 is 0. The molecule has 1 heterocycles. The molecule has 0 spiro atoms. The van der Waals surface area contributed by atoms with Gasteiger partial charge in [0, 0.05) is 16.7 Å². The molecule has 0 saturated carbocycles. The van der Waals surface area contributed by atoms with Gasteiger partial charge in [-0.2, -0.15) is 0 Å². The summed E-state index contributed by atoms with van der Waals surface area (Å²) in [6.45, 7) is 0. The number of fused-ring (bicyclic) bond motifs is 5. The standard InChI is InChI=1S/C51H34N2/c1-4-14-34(15-5-1)40-28-30-47(45-21-9-3-8-20-43(40)45)50-33-49(36-17-6-2-7-18-36)52-51(53-50)48-31-29-42(44-22-12-13-23-46(44)48)38-26-27-41-37(32-38)25-24-35-16-10-11-19-39(35)41/h1-2,4-33H,3H2. The Bertz CT molecular complexity index is 2900. The van der Waals surface area contributed by atoms with E-state index in [0.717, 1.165) is 39.9 Å². The number of hydrogen-bond acceptors (Lipinski definition) is 2. The molecule has 1 aliphatic rings. The summed E-state index contributed by atoms with van der Waals surface area (Å²) in [5.74, 6) is 0.711. The monoisotopic (exact) mass is 674 g/mol. The van der Waals surface area contributed by atoms with E-state index < -0.39 is 0 Å². The molecule has 0 radical (unpaired) electrons. The Balaban J connectivity index is 1.16. The van der Waals surface area contributed by atoms with Crippen molar-refractivity contribution in [2.24, 2.45) is 0 Å². The maximum absolute atomic E-state index is 5.39. The molecule has 0 saturated heterocycles. The molecular formula is C51H34N2. The zero-order valence-corrected chi connectivity index (χ0v) is 29.1. The lowest BCUT2D eigenvalue weighted by Gasteiger charge is -2.17. The average Bonchev–Trinajstić information content (AvgIpc) is 3.50. The van der Waals surface area contributed by atoms with Crippen LogP contribution in [-0.4, -0.2) is 9.97 Å². The molecule has 0 N–H and O–H groups in total. The highest BCUT2D eigenvalue weighted by atomic mass is 14.9. The second kappa shape index (κ2) is 13.0. The second-order valence-corrected chi connectivity index (χ2v) is 13.7. The van der Waals surface area contributed by atoms with Crippen molar-refractivity contribution in [1.82, 2.24) is 9.97 Å². The van der Waals surface area contributed by atoms with Gasteiger partial charge >= 0.3 is 0 Å². The minimum Gasteiger partial charge on any atom is -0.228 e. The van der Waals surface area contributed by atoms with E-state index in [0.29, 0.717) is 5.82 Å². The first kappa shape index (κ1) is 30.9. The van der Waals surface area contributed by atoms with Crippen LogP contribution < -0.4 is 0 Å². The molecule has 2 nitrogen and oxygen atoms in total. The summed E-state index contributed by atoms with van der Waals surface area (Å²) >= 11 is 0. The molecule has 1 aliphatic carbocycles. The zero-order chi connectivity index (χ0) is 35.1. The molecule has 248 valence electrons. The molecule has 0 atom stereocenters. The van der Waals surface area contributed by atoms with Crippen molar-refractivity contribution in [3.63, 3.8) is 0 Å². The van der Waals surface area contributed by atoms with Crippen molar-refractivity contribution in [2.45, 2.75) is 6.42 Å². The average molecular weight is 675 g/mol. The maximum Gasteiger partial charge on any atom is 0.161 e. The number of benzene rings is 8.